The SMILES string of the molecule is CNCC1CCCCN(C)C1c1ccccc1[N+](=O)[O-]. The van der Waals surface area contributed by atoms with Gasteiger partial charge < -0.3 is 5.32 Å². The van der Waals surface area contributed by atoms with E-state index in [0.29, 0.717) is 5.92 Å². The van der Waals surface area contributed by atoms with Crippen LogP contribution in [-0.4, -0.2) is 37.0 Å². The van der Waals surface area contributed by atoms with Crippen molar-refractivity contribution in [3.05, 3.63) is 39.9 Å². The van der Waals surface area contributed by atoms with Crippen molar-refractivity contribution in [1.82, 2.24) is 10.2 Å². The standard InChI is InChI=1S/C15H23N3O2/c1-16-11-12-7-5-6-10-17(2)15(12)13-8-3-4-9-14(13)18(19)20/h3-4,8-9,12,15-16H,5-7,10-11H2,1-2H3. The molecule has 1 aliphatic rings. The Hall–Kier alpha value is -1.46. The number of benzene rings is 1. The van der Waals surface area contributed by atoms with Crippen LogP contribution in [0.15, 0.2) is 24.3 Å². The lowest BCUT2D eigenvalue weighted by Crippen LogP contribution is -2.34. The molecule has 1 fully saturated rings. The van der Waals surface area contributed by atoms with Gasteiger partial charge in [0.15, 0.2) is 0 Å². The van der Waals surface area contributed by atoms with Crippen LogP contribution in [0.3, 0.4) is 0 Å². The summed E-state index contributed by atoms with van der Waals surface area (Å²) in [6.45, 7) is 1.89. The molecule has 1 heterocycles. The van der Waals surface area contributed by atoms with E-state index in [1.165, 1.54) is 6.42 Å². The molecular formula is C15H23N3O2. The molecule has 5 nitrogen and oxygen atoms in total. The summed E-state index contributed by atoms with van der Waals surface area (Å²) in [5.41, 5.74) is 1.09. The van der Waals surface area contributed by atoms with Crippen molar-refractivity contribution >= 4 is 5.69 Å². The van der Waals surface area contributed by atoms with Gasteiger partial charge >= 0.3 is 0 Å². The molecule has 1 aromatic carbocycles. The number of nitro groups is 1. The van der Waals surface area contributed by atoms with Crippen LogP contribution in [0.4, 0.5) is 5.69 Å². The van der Waals surface area contributed by atoms with Crippen molar-refractivity contribution in [3.8, 4) is 0 Å². The van der Waals surface area contributed by atoms with Crippen LogP contribution in [-0.2, 0) is 0 Å². The Morgan fingerprint density at radius 1 is 1.40 bits per heavy atom. The molecule has 2 atom stereocenters. The molecule has 0 saturated carbocycles. The van der Waals surface area contributed by atoms with E-state index in [9.17, 15) is 10.1 Å². The minimum absolute atomic E-state index is 0.117. The second-order valence-electron chi connectivity index (χ2n) is 5.55. The van der Waals surface area contributed by atoms with Gasteiger partial charge in [-0.1, -0.05) is 24.6 Å². The van der Waals surface area contributed by atoms with Crippen LogP contribution < -0.4 is 5.32 Å². The lowest BCUT2D eigenvalue weighted by molar-refractivity contribution is -0.386. The van der Waals surface area contributed by atoms with E-state index in [2.05, 4.69) is 17.3 Å². The average Bonchev–Trinajstić information content (AvgIpc) is 2.61. The first-order chi connectivity index (χ1) is 9.65. The van der Waals surface area contributed by atoms with E-state index in [4.69, 9.17) is 0 Å². The number of nitrogens with zero attached hydrogens (tertiary/aromatic N) is 2. The zero-order valence-corrected chi connectivity index (χ0v) is 12.2. The number of nitro benzene ring substituents is 1. The molecule has 0 spiro atoms. The molecule has 0 aliphatic carbocycles. The van der Waals surface area contributed by atoms with Gasteiger partial charge in [-0.15, -0.1) is 0 Å². The number of likely N-dealkylation sites (tertiary alicyclic amines) is 1. The second kappa shape index (κ2) is 6.81. The van der Waals surface area contributed by atoms with Crippen LogP contribution >= 0.6 is 0 Å². The Balaban J connectivity index is 2.41. The highest BCUT2D eigenvalue weighted by atomic mass is 16.6. The van der Waals surface area contributed by atoms with Gasteiger partial charge in [-0.25, -0.2) is 0 Å². The van der Waals surface area contributed by atoms with Crippen LogP contribution in [0.1, 0.15) is 30.9 Å². The predicted molar refractivity (Wildman–Crippen MR) is 79.7 cm³/mol. The Morgan fingerprint density at radius 3 is 2.85 bits per heavy atom. The highest BCUT2D eigenvalue weighted by Crippen LogP contribution is 2.37. The van der Waals surface area contributed by atoms with Crippen molar-refractivity contribution in [2.45, 2.75) is 25.3 Å². The summed E-state index contributed by atoms with van der Waals surface area (Å²) in [7, 11) is 4.02. The summed E-state index contributed by atoms with van der Waals surface area (Å²) >= 11 is 0. The van der Waals surface area contributed by atoms with Crippen LogP contribution in [0.5, 0.6) is 0 Å². The summed E-state index contributed by atoms with van der Waals surface area (Å²) in [6.07, 6.45) is 3.46. The van der Waals surface area contributed by atoms with Gasteiger partial charge in [-0.3, -0.25) is 15.0 Å². The fourth-order valence-corrected chi connectivity index (χ4v) is 3.30. The average molecular weight is 277 g/mol. The third-order valence-corrected chi connectivity index (χ3v) is 4.18. The first kappa shape index (κ1) is 14.9. The number of hydrogen-bond acceptors (Lipinski definition) is 4. The van der Waals surface area contributed by atoms with Gasteiger partial charge in [0.2, 0.25) is 0 Å². The third kappa shape index (κ3) is 3.16. The maximum atomic E-state index is 11.3. The molecule has 1 aromatic rings. The molecular weight excluding hydrogens is 254 g/mol. The molecule has 1 N–H and O–H groups in total. The van der Waals surface area contributed by atoms with Crippen molar-refractivity contribution in [1.29, 1.82) is 0 Å². The highest BCUT2D eigenvalue weighted by molar-refractivity contribution is 5.42. The number of nitrogens with one attached hydrogen (secondary N) is 1. The number of rotatable bonds is 4. The molecule has 2 unspecified atom stereocenters. The van der Waals surface area contributed by atoms with Crippen LogP contribution in [0, 0.1) is 16.0 Å². The number of para-hydroxylation sites is 1. The van der Waals surface area contributed by atoms with E-state index in [1.807, 2.05) is 19.2 Å². The fourth-order valence-electron chi connectivity index (χ4n) is 3.30. The lowest BCUT2D eigenvalue weighted by Gasteiger charge is -2.32. The van der Waals surface area contributed by atoms with Gasteiger partial charge in [0.05, 0.1) is 4.92 Å². The molecule has 1 aliphatic heterocycles. The minimum Gasteiger partial charge on any atom is -0.319 e. The number of hydrogen-bond donors (Lipinski definition) is 1. The van der Waals surface area contributed by atoms with Gasteiger partial charge in [0.1, 0.15) is 0 Å². The molecule has 2 rings (SSSR count). The lowest BCUT2D eigenvalue weighted by atomic mass is 9.88. The summed E-state index contributed by atoms with van der Waals surface area (Å²) in [5, 5.41) is 14.5. The summed E-state index contributed by atoms with van der Waals surface area (Å²) in [5.74, 6) is 0.411. The predicted octanol–water partition coefficient (Wildman–Crippen LogP) is 2.59. The largest absolute Gasteiger partial charge is 0.319 e. The molecule has 20 heavy (non-hydrogen) atoms. The van der Waals surface area contributed by atoms with Gasteiger partial charge in [-0.2, -0.15) is 0 Å². The highest BCUT2D eigenvalue weighted by Gasteiger charge is 2.32. The smallest absolute Gasteiger partial charge is 0.274 e. The molecule has 0 bridgehead atoms. The monoisotopic (exact) mass is 277 g/mol. The molecule has 0 radical (unpaired) electrons. The fraction of sp³-hybridized carbons (Fsp3) is 0.600. The Labute approximate surface area is 120 Å². The summed E-state index contributed by atoms with van der Waals surface area (Å²) in [4.78, 5) is 13.3. The van der Waals surface area contributed by atoms with E-state index >= 15 is 0 Å². The van der Waals surface area contributed by atoms with Crippen LogP contribution in [0.2, 0.25) is 0 Å². The second-order valence-corrected chi connectivity index (χ2v) is 5.55. The first-order valence-electron chi connectivity index (χ1n) is 7.23. The Bertz CT molecular complexity index is 464. The van der Waals surface area contributed by atoms with Gasteiger partial charge in [0.25, 0.3) is 5.69 Å². The minimum atomic E-state index is -0.259. The quantitative estimate of drug-likeness (QED) is 0.679. The molecule has 0 aromatic heterocycles. The third-order valence-electron chi connectivity index (χ3n) is 4.18. The molecule has 5 heteroatoms. The van der Waals surface area contributed by atoms with E-state index in [-0.39, 0.29) is 16.7 Å². The van der Waals surface area contributed by atoms with Crippen molar-refractivity contribution < 1.29 is 4.92 Å². The van der Waals surface area contributed by atoms with Crippen molar-refractivity contribution in [3.63, 3.8) is 0 Å². The maximum absolute atomic E-state index is 11.3. The van der Waals surface area contributed by atoms with E-state index < -0.39 is 0 Å². The molecule has 0 amide bonds. The molecule has 1 saturated heterocycles. The van der Waals surface area contributed by atoms with E-state index in [1.54, 1.807) is 12.1 Å². The molecule has 110 valence electrons. The Kier molecular flexibility index (Phi) is 5.09. The summed E-state index contributed by atoms with van der Waals surface area (Å²) < 4.78 is 0. The maximum Gasteiger partial charge on any atom is 0.274 e. The Morgan fingerprint density at radius 2 is 2.15 bits per heavy atom. The normalized spacial score (nSPS) is 24.3. The zero-order valence-electron chi connectivity index (χ0n) is 12.2. The van der Waals surface area contributed by atoms with Crippen molar-refractivity contribution in [2.24, 2.45) is 5.92 Å². The topological polar surface area (TPSA) is 58.4 Å². The summed E-state index contributed by atoms with van der Waals surface area (Å²) in [6, 6.07) is 7.28. The zero-order chi connectivity index (χ0) is 14.5. The van der Waals surface area contributed by atoms with Gasteiger partial charge in [-0.05, 0) is 45.9 Å². The van der Waals surface area contributed by atoms with Crippen molar-refractivity contribution in [2.75, 3.05) is 27.2 Å². The van der Waals surface area contributed by atoms with E-state index in [0.717, 1.165) is 31.5 Å². The first-order valence-corrected chi connectivity index (χ1v) is 7.23. The van der Waals surface area contributed by atoms with Gasteiger partial charge in [0, 0.05) is 17.7 Å². The van der Waals surface area contributed by atoms with Crippen LogP contribution in [0.25, 0.3) is 0 Å².